The van der Waals surface area contributed by atoms with Crippen LogP contribution in [-0.2, 0) is 4.74 Å². The third-order valence-electron chi connectivity index (χ3n) is 5.33. The van der Waals surface area contributed by atoms with Gasteiger partial charge in [-0.25, -0.2) is 0 Å². The van der Waals surface area contributed by atoms with Gasteiger partial charge in [0.1, 0.15) is 0 Å². The Hall–Kier alpha value is -0.330. The molecule has 3 unspecified atom stereocenters. The molecule has 3 nitrogen and oxygen atoms in total. The average molecular weight is 293 g/mol. The van der Waals surface area contributed by atoms with Crippen molar-refractivity contribution in [2.24, 2.45) is 5.41 Å². The lowest BCUT2D eigenvalue weighted by atomic mass is 9.56. The highest BCUT2D eigenvalue weighted by Gasteiger charge is 2.62. The molecule has 1 N–H and O–H groups in total. The van der Waals surface area contributed by atoms with E-state index in [-0.39, 0.29) is 24.1 Å². The van der Waals surface area contributed by atoms with Crippen LogP contribution in [0.25, 0.3) is 0 Å². The number of hydrogen-bond donors (Lipinski definition) is 1. The molecule has 2 heterocycles. The fraction of sp³-hybridized carbons (Fsp3) is 1.00. The molecule has 3 aliphatic rings. The molecule has 0 aromatic rings. The van der Waals surface area contributed by atoms with Gasteiger partial charge >= 0.3 is 6.18 Å². The highest BCUT2D eigenvalue weighted by atomic mass is 19.4. The summed E-state index contributed by atoms with van der Waals surface area (Å²) in [6.45, 7) is 1.90. The number of aliphatic hydroxyl groups is 1. The lowest BCUT2D eigenvalue weighted by Gasteiger charge is -2.65. The largest absolute Gasteiger partial charge is 0.418 e. The van der Waals surface area contributed by atoms with E-state index < -0.39 is 11.8 Å². The van der Waals surface area contributed by atoms with Crippen molar-refractivity contribution < 1.29 is 23.0 Å². The first-order valence-corrected chi connectivity index (χ1v) is 7.40. The van der Waals surface area contributed by atoms with Crippen LogP contribution in [0, 0.1) is 5.41 Å². The van der Waals surface area contributed by atoms with Gasteiger partial charge in [-0.1, -0.05) is 6.42 Å². The van der Waals surface area contributed by atoms with Crippen LogP contribution in [0.2, 0.25) is 0 Å². The molecule has 3 rings (SSSR count). The van der Waals surface area contributed by atoms with Crippen LogP contribution < -0.4 is 0 Å². The lowest BCUT2D eigenvalue weighted by Crippen LogP contribution is -2.73. The monoisotopic (exact) mass is 293 g/mol. The van der Waals surface area contributed by atoms with Crippen molar-refractivity contribution in [1.29, 1.82) is 0 Å². The Labute approximate surface area is 117 Å². The van der Waals surface area contributed by atoms with Crippen molar-refractivity contribution in [2.75, 3.05) is 19.7 Å². The van der Waals surface area contributed by atoms with Gasteiger partial charge in [-0.3, -0.25) is 4.90 Å². The van der Waals surface area contributed by atoms with E-state index in [0.29, 0.717) is 13.2 Å². The van der Waals surface area contributed by atoms with E-state index >= 15 is 0 Å². The SMILES string of the molecule is CC(O)(CN1CC2(CCC2)C1C1CCCO1)C(F)(F)F. The van der Waals surface area contributed by atoms with Gasteiger partial charge in [0.2, 0.25) is 0 Å². The summed E-state index contributed by atoms with van der Waals surface area (Å²) in [6, 6.07) is 0.0626. The first-order chi connectivity index (χ1) is 9.25. The highest BCUT2D eigenvalue weighted by molar-refractivity contribution is 5.13. The molecule has 116 valence electrons. The Bertz CT molecular complexity index is 373. The molecule has 1 saturated carbocycles. The molecule has 0 aromatic carbocycles. The molecule has 0 radical (unpaired) electrons. The average Bonchev–Trinajstić information content (AvgIpc) is 2.72. The number of hydrogen-bond acceptors (Lipinski definition) is 3. The topological polar surface area (TPSA) is 32.7 Å². The van der Waals surface area contributed by atoms with Crippen LogP contribution in [0.5, 0.6) is 0 Å². The summed E-state index contributed by atoms with van der Waals surface area (Å²) in [5.74, 6) is 0. The highest BCUT2D eigenvalue weighted by Crippen LogP contribution is 2.56. The second-order valence-corrected chi connectivity index (χ2v) is 6.89. The van der Waals surface area contributed by atoms with Gasteiger partial charge in [0.15, 0.2) is 5.60 Å². The van der Waals surface area contributed by atoms with Crippen LogP contribution in [0.3, 0.4) is 0 Å². The first-order valence-electron chi connectivity index (χ1n) is 7.40. The molecule has 1 aliphatic carbocycles. The molecule has 2 aliphatic heterocycles. The summed E-state index contributed by atoms with van der Waals surface area (Å²) in [5.41, 5.74) is -2.48. The molecular formula is C14H22F3NO2. The van der Waals surface area contributed by atoms with E-state index in [2.05, 4.69) is 0 Å². The second kappa shape index (κ2) is 4.58. The van der Waals surface area contributed by atoms with Crippen LogP contribution in [-0.4, -0.2) is 53.6 Å². The van der Waals surface area contributed by atoms with Crippen LogP contribution in [0.15, 0.2) is 0 Å². The van der Waals surface area contributed by atoms with Gasteiger partial charge in [-0.15, -0.1) is 0 Å². The fourth-order valence-electron chi connectivity index (χ4n) is 4.08. The van der Waals surface area contributed by atoms with E-state index in [1.165, 1.54) is 0 Å². The molecule has 0 bridgehead atoms. The number of likely N-dealkylation sites (tertiary alicyclic amines) is 1. The van der Waals surface area contributed by atoms with E-state index in [1.807, 2.05) is 0 Å². The van der Waals surface area contributed by atoms with Gasteiger partial charge in [0.05, 0.1) is 6.10 Å². The molecule has 2 saturated heterocycles. The number of alkyl halides is 3. The van der Waals surface area contributed by atoms with Gasteiger partial charge in [0.25, 0.3) is 0 Å². The Kier molecular flexibility index (Phi) is 3.34. The maximum atomic E-state index is 12.8. The molecule has 1 spiro atoms. The Balaban J connectivity index is 1.70. The number of halogens is 3. The molecule has 0 amide bonds. The van der Waals surface area contributed by atoms with Crippen molar-refractivity contribution in [3.8, 4) is 0 Å². The van der Waals surface area contributed by atoms with Crippen LogP contribution in [0.4, 0.5) is 13.2 Å². The zero-order valence-electron chi connectivity index (χ0n) is 11.7. The van der Waals surface area contributed by atoms with Gasteiger partial charge in [-0.05, 0) is 32.6 Å². The minimum atomic E-state index is -4.59. The quantitative estimate of drug-likeness (QED) is 0.867. The summed E-state index contributed by atoms with van der Waals surface area (Å²) < 4.78 is 44.2. The zero-order chi connectivity index (χ0) is 14.6. The Morgan fingerprint density at radius 1 is 1.30 bits per heavy atom. The van der Waals surface area contributed by atoms with Crippen LogP contribution >= 0.6 is 0 Å². The zero-order valence-corrected chi connectivity index (χ0v) is 11.7. The molecule has 6 heteroatoms. The van der Waals surface area contributed by atoms with E-state index in [0.717, 1.165) is 39.0 Å². The molecule has 3 atom stereocenters. The van der Waals surface area contributed by atoms with E-state index in [9.17, 15) is 18.3 Å². The second-order valence-electron chi connectivity index (χ2n) is 6.89. The van der Waals surface area contributed by atoms with Gasteiger partial charge in [0, 0.05) is 31.2 Å². The summed E-state index contributed by atoms with van der Waals surface area (Å²) in [5, 5.41) is 9.70. The predicted octanol–water partition coefficient (Wildman–Crippen LogP) is 2.33. The standard InChI is InChI=1S/C14H22F3NO2/c1-12(19,14(15,16)17)8-18-9-13(5-3-6-13)11(18)10-4-2-7-20-10/h10-11,19H,2-9H2,1H3. The van der Waals surface area contributed by atoms with Gasteiger partial charge in [-0.2, -0.15) is 13.2 Å². The van der Waals surface area contributed by atoms with E-state index in [1.54, 1.807) is 4.90 Å². The third-order valence-corrected chi connectivity index (χ3v) is 5.33. The minimum absolute atomic E-state index is 0.0492. The molecule has 3 fully saturated rings. The summed E-state index contributed by atoms with van der Waals surface area (Å²) in [7, 11) is 0. The van der Waals surface area contributed by atoms with Gasteiger partial charge < -0.3 is 9.84 Å². The molecular weight excluding hydrogens is 271 g/mol. The fourth-order valence-corrected chi connectivity index (χ4v) is 4.08. The Morgan fingerprint density at radius 3 is 2.45 bits per heavy atom. The predicted molar refractivity (Wildman–Crippen MR) is 67.3 cm³/mol. The normalized spacial score (nSPS) is 36.5. The maximum absolute atomic E-state index is 12.8. The number of ether oxygens (including phenoxy) is 1. The van der Waals surface area contributed by atoms with Crippen molar-refractivity contribution in [3.05, 3.63) is 0 Å². The Morgan fingerprint density at radius 2 is 2.00 bits per heavy atom. The lowest BCUT2D eigenvalue weighted by molar-refractivity contribution is -0.276. The van der Waals surface area contributed by atoms with Crippen molar-refractivity contribution >= 4 is 0 Å². The third kappa shape index (κ3) is 2.16. The number of nitrogens with zero attached hydrogens (tertiary/aromatic N) is 1. The summed E-state index contributed by atoms with van der Waals surface area (Å²) in [6.07, 6.45) is 0.707. The molecule has 0 aromatic heterocycles. The minimum Gasteiger partial charge on any atom is -0.380 e. The van der Waals surface area contributed by atoms with Crippen LogP contribution in [0.1, 0.15) is 39.0 Å². The smallest absolute Gasteiger partial charge is 0.380 e. The summed E-state index contributed by atoms with van der Waals surface area (Å²) in [4.78, 5) is 1.79. The number of rotatable bonds is 3. The number of β-amino-alcohol motifs (C(OH)–C–C–N with tert-alkyl or cyclic N) is 1. The van der Waals surface area contributed by atoms with Crippen molar-refractivity contribution in [2.45, 2.75) is 63.0 Å². The van der Waals surface area contributed by atoms with Crippen molar-refractivity contribution in [3.63, 3.8) is 0 Å². The van der Waals surface area contributed by atoms with E-state index in [4.69, 9.17) is 4.74 Å². The first kappa shape index (κ1) is 14.6. The van der Waals surface area contributed by atoms with Crippen molar-refractivity contribution in [1.82, 2.24) is 4.90 Å². The maximum Gasteiger partial charge on any atom is 0.418 e. The molecule has 20 heavy (non-hydrogen) atoms. The summed E-state index contributed by atoms with van der Waals surface area (Å²) >= 11 is 0.